The lowest BCUT2D eigenvalue weighted by Crippen LogP contribution is -2.16. The van der Waals surface area contributed by atoms with Gasteiger partial charge >= 0.3 is 0 Å². The summed E-state index contributed by atoms with van der Waals surface area (Å²) in [7, 11) is 0. The first-order valence-corrected chi connectivity index (χ1v) is 10.4. The summed E-state index contributed by atoms with van der Waals surface area (Å²) in [6, 6.07) is 20.4. The van der Waals surface area contributed by atoms with Crippen molar-refractivity contribution in [2.75, 3.05) is 23.0 Å². The van der Waals surface area contributed by atoms with Crippen LogP contribution in [0.3, 0.4) is 0 Å². The third kappa shape index (κ3) is 5.19. The molecule has 0 aliphatic rings. The number of aliphatic hydroxyl groups excluding tert-OH is 1. The maximum absolute atomic E-state index is 14.3. The van der Waals surface area contributed by atoms with Gasteiger partial charge in [0.1, 0.15) is 17.4 Å². The number of aromatic hydroxyl groups is 1. The van der Waals surface area contributed by atoms with Crippen LogP contribution in [0.5, 0.6) is 5.75 Å². The largest absolute Gasteiger partial charge is 0.507 e. The van der Waals surface area contributed by atoms with Crippen LogP contribution in [-0.4, -0.2) is 26.8 Å². The van der Waals surface area contributed by atoms with E-state index in [4.69, 9.17) is 5.73 Å². The van der Waals surface area contributed by atoms with Crippen LogP contribution < -0.4 is 16.4 Å². The standard InChI is InChI=1S/C25H24FN5O2/c1-15-7-9-20(19(26)11-15)28-17-8-10-23(33)18(12-17)21-13-24(31-25(27)30-21)29-22(14-32)16-5-3-2-4-6-16/h2-13,22,28,32-33H,14H2,1H3,(H3,27,29,30,31)/t22-/m1/s1. The Morgan fingerprint density at radius 2 is 1.79 bits per heavy atom. The second kappa shape index (κ2) is 9.54. The summed E-state index contributed by atoms with van der Waals surface area (Å²) in [6.07, 6.45) is 0. The van der Waals surface area contributed by atoms with Crippen molar-refractivity contribution in [2.24, 2.45) is 0 Å². The smallest absolute Gasteiger partial charge is 0.222 e. The predicted molar refractivity (Wildman–Crippen MR) is 128 cm³/mol. The summed E-state index contributed by atoms with van der Waals surface area (Å²) in [5.74, 6) is -0.000989. The van der Waals surface area contributed by atoms with Crippen LogP contribution in [0.2, 0.25) is 0 Å². The van der Waals surface area contributed by atoms with E-state index in [2.05, 4.69) is 20.6 Å². The van der Waals surface area contributed by atoms with E-state index in [9.17, 15) is 14.6 Å². The SMILES string of the molecule is Cc1ccc(Nc2ccc(O)c(-c3cc(N[C@H](CO)c4ccccc4)nc(N)n3)c2)c(F)c1. The van der Waals surface area contributed by atoms with Crippen molar-refractivity contribution in [3.8, 4) is 17.0 Å². The highest BCUT2D eigenvalue weighted by Crippen LogP contribution is 2.34. The van der Waals surface area contributed by atoms with Crippen LogP contribution in [0.1, 0.15) is 17.2 Å². The van der Waals surface area contributed by atoms with Crippen LogP contribution >= 0.6 is 0 Å². The van der Waals surface area contributed by atoms with Crippen molar-refractivity contribution in [3.63, 3.8) is 0 Å². The summed E-state index contributed by atoms with van der Waals surface area (Å²) in [6.45, 7) is 1.66. The zero-order chi connectivity index (χ0) is 23.4. The average Bonchev–Trinajstić information content (AvgIpc) is 2.80. The molecule has 0 saturated heterocycles. The molecule has 6 N–H and O–H groups in total. The van der Waals surface area contributed by atoms with Gasteiger partial charge in [0.2, 0.25) is 5.95 Å². The highest BCUT2D eigenvalue weighted by molar-refractivity contribution is 5.75. The Hall–Kier alpha value is -4.17. The summed E-state index contributed by atoms with van der Waals surface area (Å²) in [4.78, 5) is 8.46. The lowest BCUT2D eigenvalue weighted by Gasteiger charge is -2.18. The van der Waals surface area contributed by atoms with Gasteiger partial charge in [-0.3, -0.25) is 0 Å². The number of rotatable bonds is 7. The molecule has 0 aliphatic carbocycles. The lowest BCUT2D eigenvalue weighted by atomic mass is 10.1. The van der Waals surface area contributed by atoms with Crippen molar-refractivity contribution < 1.29 is 14.6 Å². The number of anilines is 4. The molecule has 1 heterocycles. The number of benzene rings is 3. The molecule has 7 nitrogen and oxygen atoms in total. The Bertz CT molecular complexity index is 1270. The number of nitrogens with two attached hydrogens (primary N) is 1. The van der Waals surface area contributed by atoms with Crippen molar-refractivity contribution in [1.82, 2.24) is 9.97 Å². The number of halogens is 1. The van der Waals surface area contributed by atoms with E-state index < -0.39 is 6.04 Å². The van der Waals surface area contributed by atoms with Crippen molar-refractivity contribution in [1.29, 1.82) is 0 Å². The first-order valence-electron chi connectivity index (χ1n) is 10.4. The summed E-state index contributed by atoms with van der Waals surface area (Å²) in [5.41, 5.74) is 9.27. The molecule has 0 radical (unpaired) electrons. The molecular weight excluding hydrogens is 421 g/mol. The minimum atomic E-state index is -0.403. The van der Waals surface area contributed by atoms with Gasteiger partial charge in [0.05, 0.1) is 24.0 Å². The number of phenolic OH excluding ortho intramolecular Hbond substituents is 1. The molecule has 0 saturated carbocycles. The van der Waals surface area contributed by atoms with E-state index in [1.165, 1.54) is 12.1 Å². The van der Waals surface area contributed by atoms with E-state index in [-0.39, 0.29) is 24.1 Å². The molecule has 0 spiro atoms. The maximum atomic E-state index is 14.3. The van der Waals surface area contributed by atoms with Crippen LogP contribution in [0.25, 0.3) is 11.3 Å². The van der Waals surface area contributed by atoms with Crippen molar-refractivity contribution in [2.45, 2.75) is 13.0 Å². The second-order valence-corrected chi connectivity index (χ2v) is 7.63. The third-order valence-electron chi connectivity index (χ3n) is 5.13. The number of nitrogen functional groups attached to an aromatic ring is 1. The normalized spacial score (nSPS) is 11.7. The molecule has 8 heteroatoms. The molecule has 33 heavy (non-hydrogen) atoms. The fourth-order valence-corrected chi connectivity index (χ4v) is 3.47. The molecule has 168 valence electrons. The van der Waals surface area contributed by atoms with E-state index in [1.54, 1.807) is 30.3 Å². The monoisotopic (exact) mass is 445 g/mol. The van der Waals surface area contributed by atoms with E-state index in [0.29, 0.717) is 28.5 Å². The van der Waals surface area contributed by atoms with Gasteiger partial charge in [-0.25, -0.2) is 9.37 Å². The van der Waals surface area contributed by atoms with Gasteiger partial charge in [-0.2, -0.15) is 4.98 Å². The van der Waals surface area contributed by atoms with Crippen LogP contribution in [0.4, 0.5) is 27.5 Å². The minimum Gasteiger partial charge on any atom is -0.507 e. The molecule has 1 aromatic heterocycles. The molecule has 1 atom stereocenters. The highest BCUT2D eigenvalue weighted by Gasteiger charge is 2.15. The number of nitrogens with zero attached hydrogens (tertiary/aromatic N) is 2. The second-order valence-electron chi connectivity index (χ2n) is 7.63. The Morgan fingerprint density at radius 3 is 2.52 bits per heavy atom. The fraction of sp³-hybridized carbons (Fsp3) is 0.120. The number of nitrogens with one attached hydrogen (secondary N) is 2. The van der Waals surface area contributed by atoms with Crippen LogP contribution in [0.15, 0.2) is 72.8 Å². The molecule has 0 amide bonds. The van der Waals surface area contributed by atoms with Gasteiger partial charge < -0.3 is 26.6 Å². The highest BCUT2D eigenvalue weighted by atomic mass is 19.1. The topological polar surface area (TPSA) is 116 Å². The summed E-state index contributed by atoms with van der Waals surface area (Å²) < 4.78 is 14.3. The van der Waals surface area contributed by atoms with E-state index in [0.717, 1.165) is 11.1 Å². The summed E-state index contributed by atoms with van der Waals surface area (Å²) in [5, 5.41) is 26.5. The Kier molecular flexibility index (Phi) is 6.37. The van der Waals surface area contributed by atoms with Gasteiger partial charge in [-0.1, -0.05) is 36.4 Å². The first-order chi connectivity index (χ1) is 15.9. The average molecular weight is 445 g/mol. The number of aliphatic hydroxyl groups is 1. The Labute approximate surface area is 190 Å². The van der Waals surface area contributed by atoms with E-state index in [1.807, 2.05) is 37.3 Å². The molecule has 3 aromatic carbocycles. The van der Waals surface area contributed by atoms with Gasteiger partial charge in [0.15, 0.2) is 0 Å². The van der Waals surface area contributed by atoms with Crippen molar-refractivity contribution in [3.05, 3.63) is 89.7 Å². The maximum Gasteiger partial charge on any atom is 0.222 e. The van der Waals surface area contributed by atoms with Gasteiger partial charge in [-0.05, 0) is 48.4 Å². The first kappa shape index (κ1) is 22.0. The number of hydrogen-bond acceptors (Lipinski definition) is 7. The van der Waals surface area contributed by atoms with Crippen molar-refractivity contribution >= 4 is 23.1 Å². The Balaban J connectivity index is 1.64. The Morgan fingerprint density at radius 1 is 1.00 bits per heavy atom. The molecule has 4 rings (SSSR count). The molecule has 0 unspecified atom stereocenters. The molecule has 0 fully saturated rings. The molecule has 0 aliphatic heterocycles. The van der Waals surface area contributed by atoms with E-state index >= 15 is 0 Å². The number of phenols is 1. The number of hydrogen-bond donors (Lipinski definition) is 5. The van der Waals surface area contributed by atoms with Crippen LogP contribution in [0, 0.1) is 12.7 Å². The molecule has 0 bridgehead atoms. The fourth-order valence-electron chi connectivity index (χ4n) is 3.47. The summed E-state index contributed by atoms with van der Waals surface area (Å²) >= 11 is 0. The zero-order valence-corrected chi connectivity index (χ0v) is 18.0. The number of aryl methyl sites for hydroxylation is 1. The third-order valence-corrected chi connectivity index (χ3v) is 5.13. The quantitative estimate of drug-likeness (QED) is 0.260. The van der Waals surface area contributed by atoms with Gasteiger partial charge in [-0.15, -0.1) is 0 Å². The molecular formula is C25H24FN5O2. The predicted octanol–water partition coefficient (Wildman–Crippen LogP) is 4.77. The number of aromatic nitrogens is 2. The minimum absolute atomic E-state index is 0.00194. The van der Waals surface area contributed by atoms with Crippen LogP contribution in [-0.2, 0) is 0 Å². The molecule has 4 aromatic rings. The van der Waals surface area contributed by atoms with Gasteiger partial charge in [0.25, 0.3) is 0 Å². The lowest BCUT2D eigenvalue weighted by molar-refractivity contribution is 0.276. The zero-order valence-electron chi connectivity index (χ0n) is 18.0. The van der Waals surface area contributed by atoms with Gasteiger partial charge in [0, 0.05) is 17.3 Å².